The van der Waals surface area contributed by atoms with Gasteiger partial charge in [-0.25, -0.2) is 0 Å². The van der Waals surface area contributed by atoms with Gasteiger partial charge in [0.05, 0.1) is 5.02 Å². The van der Waals surface area contributed by atoms with Crippen molar-refractivity contribution in [2.45, 2.75) is 46.3 Å². The Bertz CT molecular complexity index is 823. The molecule has 1 N–H and O–H groups in total. The molecule has 0 aliphatic carbocycles. The number of amides is 2. The SMILES string of the molecule is Cc1ccccc1CN(C(=O)COc1ccccc1Cl)C(C)C(=O)NC(C)C. The third-order valence-electron chi connectivity index (χ3n) is 4.39. The molecule has 0 aliphatic heterocycles. The third-order valence-corrected chi connectivity index (χ3v) is 4.70. The molecule has 2 amide bonds. The largest absolute Gasteiger partial charge is 0.482 e. The summed E-state index contributed by atoms with van der Waals surface area (Å²) in [6.45, 7) is 7.61. The molecule has 0 fully saturated rings. The number of hydrogen-bond donors (Lipinski definition) is 1. The molecule has 0 saturated carbocycles. The third kappa shape index (κ3) is 5.99. The molecule has 150 valence electrons. The van der Waals surface area contributed by atoms with Gasteiger partial charge in [-0.2, -0.15) is 0 Å². The highest BCUT2D eigenvalue weighted by molar-refractivity contribution is 6.32. The molecular formula is C22H27ClN2O3. The predicted octanol–water partition coefficient (Wildman–Crippen LogP) is 3.97. The quantitative estimate of drug-likeness (QED) is 0.726. The first-order valence-electron chi connectivity index (χ1n) is 9.31. The highest BCUT2D eigenvalue weighted by atomic mass is 35.5. The molecule has 0 aromatic heterocycles. The summed E-state index contributed by atoms with van der Waals surface area (Å²) in [5.74, 6) is -0.0445. The molecule has 1 atom stereocenters. The normalized spacial score (nSPS) is 11.8. The van der Waals surface area contributed by atoms with Gasteiger partial charge in [-0.1, -0.05) is 48.0 Å². The van der Waals surface area contributed by atoms with Crippen LogP contribution in [0.25, 0.3) is 0 Å². The van der Waals surface area contributed by atoms with Crippen molar-refractivity contribution in [2.24, 2.45) is 0 Å². The van der Waals surface area contributed by atoms with Gasteiger partial charge in [-0.05, 0) is 51.0 Å². The second-order valence-electron chi connectivity index (χ2n) is 7.01. The number of carbonyl (C=O) groups excluding carboxylic acids is 2. The molecule has 6 heteroatoms. The van der Waals surface area contributed by atoms with Crippen molar-refractivity contribution in [3.8, 4) is 5.75 Å². The zero-order valence-electron chi connectivity index (χ0n) is 16.7. The number of rotatable bonds is 8. The maximum absolute atomic E-state index is 13.0. The van der Waals surface area contributed by atoms with Crippen LogP contribution < -0.4 is 10.1 Å². The van der Waals surface area contributed by atoms with E-state index in [9.17, 15) is 9.59 Å². The van der Waals surface area contributed by atoms with Gasteiger partial charge in [0.25, 0.3) is 5.91 Å². The van der Waals surface area contributed by atoms with E-state index in [1.54, 1.807) is 31.2 Å². The second-order valence-corrected chi connectivity index (χ2v) is 7.41. The van der Waals surface area contributed by atoms with Crippen molar-refractivity contribution in [3.05, 3.63) is 64.7 Å². The Labute approximate surface area is 171 Å². The lowest BCUT2D eigenvalue weighted by atomic mass is 10.1. The van der Waals surface area contributed by atoms with Gasteiger partial charge in [0, 0.05) is 12.6 Å². The van der Waals surface area contributed by atoms with Gasteiger partial charge in [0.15, 0.2) is 6.61 Å². The van der Waals surface area contributed by atoms with E-state index in [0.29, 0.717) is 17.3 Å². The lowest BCUT2D eigenvalue weighted by Crippen LogP contribution is -2.50. The fourth-order valence-electron chi connectivity index (χ4n) is 2.74. The minimum absolute atomic E-state index is 0.00950. The Hall–Kier alpha value is -2.53. The van der Waals surface area contributed by atoms with Crippen molar-refractivity contribution in [2.75, 3.05) is 6.61 Å². The molecular weight excluding hydrogens is 376 g/mol. The minimum atomic E-state index is -0.635. The van der Waals surface area contributed by atoms with E-state index in [0.717, 1.165) is 11.1 Å². The van der Waals surface area contributed by atoms with Crippen LogP contribution in [-0.4, -0.2) is 35.4 Å². The van der Waals surface area contributed by atoms with Crippen molar-refractivity contribution < 1.29 is 14.3 Å². The number of ether oxygens (including phenoxy) is 1. The van der Waals surface area contributed by atoms with Crippen LogP contribution in [-0.2, 0) is 16.1 Å². The Morgan fingerprint density at radius 3 is 2.36 bits per heavy atom. The molecule has 2 rings (SSSR count). The van der Waals surface area contributed by atoms with Crippen LogP contribution in [0.15, 0.2) is 48.5 Å². The highest BCUT2D eigenvalue weighted by Crippen LogP contribution is 2.23. The van der Waals surface area contributed by atoms with Crippen LogP contribution in [0.1, 0.15) is 31.9 Å². The Morgan fingerprint density at radius 1 is 1.07 bits per heavy atom. The average Bonchev–Trinajstić information content (AvgIpc) is 2.65. The van der Waals surface area contributed by atoms with Crippen LogP contribution in [0.4, 0.5) is 0 Å². The smallest absolute Gasteiger partial charge is 0.261 e. The Kier molecular flexibility index (Phi) is 7.88. The van der Waals surface area contributed by atoms with Crippen LogP contribution in [0.5, 0.6) is 5.75 Å². The maximum atomic E-state index is 13.0. The summed E-state index contributed by atoms with van der Waals surface area (Å²) < 4.78 is 5.60. The van der Waals surface area contributed by atoms with E-state index in [4.69, 9.17) is 16.3 Å². The topological polar surface area (TPSA) is 58.6 Å². The fraction of sp³-hybridized carbons (Fsp3) is 0.364. The summed E-state index contributed by atoms with van der Waals surface area (Å²) >= 11 is 6.09. The van der Waals surface area contributed by atoms with Crippen molar-refractivity contribution in [1.82, 2.24) is 10.2 Å². The van der Waals surface area contributed by atoms with E-state index in [1.165, 1.54) is 4.90 Å². The fourth-order valence-corrected chi connectivity index (χ4v) is 2.93. The van der Waals surface area contributed by atoms with E-state index in [-0.39, 0.29) is 24.5 Å². The number of halogens is 1. The monoisotopic (exact) mass is 402 g/mol. The van der Waals surface area contributed by atoms with Gasteiger partial charge in [0.1, 0.15) is 11.8 Å². The first kappa shape index (κ1) is 21.8. The van der Waals surface area contributed by atoms with E-state index in [2.05, 4.69) is 5.32 Å². The van der Waals surface area contributed by atoms with Crippen LogP contribution in [0.2, 0.25) is 5.02 Å². The van der Waals surface area contributed by atoms with Crippen LogP contribution in [0.3, 0.4) is 0 Å². The van der Waals surface area contributed by atoms with E-state index >= 15 is 0 Å². The van der Waals surface area contributed by atoms with E-state index in [1.807, 2.05) is 45.0 Å². The molecule has 28 heavy (non-hydrogen) atoms. The summed E-state index contributed by atoms with van der Waals surface area (Å²) in [4.78, 5) is 27.0. The second kappa shape index (κ2) is 10.1. The average molecular weight is 403 g/mol. The molecule has 5 nitrogen and oxygen atoms in total. The first-order valence-corrected chi connectivity index (χ1v) is 9.69. The van der Waals surface area contributed by atoms with Crippen molar-refractivity contribution in [1.29, 1.82) is 0 Å². The lowest BCUT2D eigenvalue weighted by Gasteiger charge is -2.29. The zero-order chi connectivity index (χ0) is 20.7. The number of benzene rings is 2. The van der Waals surface area contributed by atoms with E-state index < -0.39 is 6.04 Å². The standard InChI is InChI=1S/C22H27ClN2O3/c1-15(2)24-22(27)17(4)25(13-18-10-6-5-9-16(18)3)21(26)14-28-20-12-8-7-11-19(20)23/h5-12,15,17H,13-14H2,1-4H3,(H,24,27). The summed E-state index contributed by atoms with van der Waals surface area (Å²) in [6, 6.07) is 14.1. The van der Waals surface area contributed by atoms with Gasteiger partial charge < -0.3 is 15.0 Å². The molecule has 0 heterocycles. The Balaban J connectivity index is 2.18. The van der Waals surface area contributed by atoms with Gasteiger partial charge in [-0.15, -0.1) is 0 Å². The number of aryl methyl sites for hydroxylation is 1. The molecule has 1 unspecified atom stereocenters. The summed E-state index contributed by atoms with van der Waals surface area (Å²) in [5.41, 5.74) is 2.04. The van der Waals surface area contributed by atoms with Crippen LogP contribution >= 0.6 is 11.6 Å². The van der Waals surface area contributed by atoms with Crippen molar-refractivity contribution >= 4 is 23.4 Å². The predicted molar refractivity (Wildman–Crippen MR) is 111 cm³/mol. The number of carbonyl (C=O) groups is 2. The Morgan fingerprint density at radius 2 is 1.71 bits per heavy atom. The molecule has 0 aliphatic rings. The first-order chi connectivity index (χ1) is 13.3. The molecule has 2 aromatic carbocycles. The molecule has 0 bridgehead atoms. The summed E-state index contributed by atoms with van der Waals surface area (Å²) in [5, 5.41) is 3.30. The highest BCUT2D eigenvalue weighted by Gasteiger charge is 2.27. The summed E-state index contributed by atoms with van der Waals surface area (Å²) in [7, 11) is 0. The maximum Gasteiger partial charge on any atom is 0.261 e. The van der Waals surface area contributed by atoms with Crippen molar-refractivity contribution in [3.63, 3.8) is 0 Å². The number of nitrogens with one attached hydrogen (secondary N) is 1. The number of hydrogen-bond acceptors (Lipinski definition) is 3. The molecule has 0 radical (unpaired) electrons. The zero-order valence-corrected chi connectivity index (χ0v) is 17.5. The van der Waals surface area contributed by atoms with Gasteiger partial charge >= 0.3 is 0 Å². The van der Waals surface area contributed by atoms with Gasteiger partial charge in [0.2, 0.25) is 5.91 Å². The molecule has 0 saturated heterocycles. The lowest BCUT2D eigenvalue weighted by molar-refractivity contribution is -0.142. The number of nitrogens with zero attached hydrogens (tertiary/aromatic N) is 1. The number of para-hydroxylation sites is 1. The van der Waals surface area contributed by atoms with Gasteiger partial charge in [-0.3, -0.25) is 9.59 Å². The minimum Gasteiger partial charge on any atom is -0.482 e. The molecule has 0 spiro atoms. The summed E-state index contributed by atoms with van der Waals surface area (Å²) in [6.07, 6.45) is 0. The molecule has 2 aromatic rings. The van der Waals surface area contributed by atoms with Crippen LogP contribution in [0, 0.1) is 6.92 Å².